The van der Waals surface area contributed by atoms with E-state index in [9.17, 15) is 15.0 Å². The molecule has 0 aromatic heterocycles. The Bertz CT molecular complexity index is 926. The van der Waals surface area contributed by atoms with Crippen molar-refractivity contribution < 1.29 is 38.6 Å². The summed E-state index contributed by atoms with van der Waals surface area (Å²) in [5, 5.41) is 22.6. The van der Waals surface area contributed by atoms with Crippen molar-refractivity contribution in [3.05, 3.63) is 82.0 Å². The summed E-state index contributed by atoms with van der Waals surface area (Å²) in [6.45, 7) is 6.18. The maximum Gasteiger partial charge on any atom is 1.00 e. The van der Waals surface area contributed by atoms with Gasteiger partial charge in [0, 0.05) is 11.1 Å². The number of aryl methyl sites for hydroxylation is 2. The summed E-state index contributed by atoms with van der Waals surface area (Å²) in [5.74, 6) is -1.14. The van der Waals surface area contributed by atoms with Gasteiger partial charge in [0.1, 0.15) is 11.5 Å². The number of hydrogen-bond donors (Lipinski definition) is 1. The van der Waals surface area contributed by atoms with Crippen molar-refractivity contribution in [2.75, 3.05) is 7.11 Å². The van der Waals surface area contributed by atoms with E-state index in [1.54, 1.807) is 6.07 Å². The van der Waals surface area contributed by atoms with Gasteiger partial charge in [-0.1, -0.05) is 53.6 Å². The Hall–Kier alpha value is -2.41. The molecule has 1 N–H and O–H groups in total. The van der Waals surface area contributed by atoms with Crippen LogP contribution < -0.4 is 28.7 Å². The number of methoxy groups -OCH3 is 1. The number of benzene rings is 2. The largest absolute Gasteiger partial charge is 1.00 e. The molecule has 31 heavy (non-hydrogen) atoms. The van der Waals surface area contributed by atoms with Gasteiger partial charge < -0.3 is 19.7 Å². The number of carbonyl (C=O) groups excluding carboxylic acids is 1. The van der Waals surface area contributed by atoms with Gasteiger partial charge in [0.25, 0.3) is 0 Å². The van der Waals surface area contributed by atoms with Gasteiger partial charge in [-0.25, -0.2) is 0 Å². The summed E-state index contributed by atoms with van der Waals surface area (Å²) < 4.78 is 5.49. The van der Waals surface area contributed by atoms with E-state index in [0.717, 1.165) is 18.4 Å². The molecule has 2 aromatic rings. The van der Waals surface area contributed by atoms with Crippen molar-refractivity contribution in [1.82, 2.24) is 0 Å². The summed E-state index contributed by atoms with van der Waals surface area (Å²) >= 11 is 0. The Morgan fingerprint density at radius 2 is 1.77 bits per heavy atom. The number of rotatable bonds is 10. The first kappa shape index (κ1) is 26.6. The average Bonchev–Trinajstić information content (AvgIpc) is 2.71. The zero-order valence-electron chi connectivity index (χ0n) is 19.3. The normalized spacial score (nSPS) is 10.9. The van der Waals surface area contributed by atoms with E-state index in [1.807, 2.05) is 43.3 Å². The topological polar surface area (TPSA) is 69.6 Å². The van der Waals surface area contributed by atoms with Crippen LogP contribution in [0.2, 0.25) is 0 Å². The first-order chi connectivity index (χ1) is 14.3. The van der Waals surface area contributed by atoms with E-state index < -0.39 is 5.97 Å². The van der Waals surface area contributed by atoms with Gasteiger partial charge in [-0.3, -0.25) is 0 Å². The SMILES string of the molecule is COc1cc(CCc2ccccc2)c(C(=O)[O-])c(O)c1C/C=C(\C)CCC=C(C)C.[Li+]. The summed E-state index contributed by atoms with van der Waals surface area (Å²) in [7, 11) is 1.53. The fraction of sp³-hybridized carbons (Fsp3) is 0.346. The molecule has 0 spiro atoms. The van der Waals surface area contributed by atoms with Crippen LogP contribution in [0.5, 0.6) is 11.5 Å². The van der Waals surface area contributed by atoms with Crippen molar-refractivity contribution in [2.45, 2.75) is 52.9 Å². The monoisotopic (exact) mass is 414 g/mol. The maximum atomic E-state index is 11.8. The number of carboxylic acid groups (broad SMARTS) is 1. The van der Waals surface area contributed by atoms with E-state index in [-0.39, 0.29) is 30.2 Å². The van der Waals surface area contributed by atoms with Gasteiger partial charge in [0.15, 0.2) is 0 Å². The van der Waals surface area contributed by atoms with Gasteiger partial charge in [-0.15, -0.1) is 0 Å². The third kappa shape index (κ3) is 7.98. The fourth-order valence-electron chi connectivity index (χ4n) is 3.43. The smallest absolute Gasteiger partial charge is 0.545 e. The first-order valence-corrected chi connectivity index (χ1v) is 10.3. The van der Waals surface area contributed by atoms with Crippen molar-refractivity contribution >= 4 is 5.97 Å². The zero-order valence-corrected chi connectivity index (χ0v) is 19.3. The number of phenols is 1. The Morgan fingerprint density at radius 1 is 1.10 bits per heavy atom. The minimum atomic E-state index is -1.37. The van der Waals surface area contributed by atoms with Crippen molar-refractivity contribution in [2.24, 2.45) is 0 Å². The zero-order chi connectivity index (χ0) is 22.1. The molecule has 0 aliphatic carbocycles. The Morgan fingerprint density at radius 3 is 2.35 bits per heavy atom. The van der Waals surface area contributed by atoms with Crippen LogP contribution in [-0.2, 0) is 19.3 Å². The molecular weight excluding hydrogens is 383 g/mol. The molecular formula is C26H31LiO4. The fourth-order valence-corrected chi connectivity index (χ4v) is 3.43. The van der Waals surface area contributed by atoms with Crippen LogP contribution in [-0.4, -0.2) is 18.2 Å². The molecule has 4 nitrogen and oxygen atoms in total. The summed E-state index contributed by atoms with van der Waals surface area (Å²) in [4.78, 5) is 11.8. The summed E-state index contributed by atoms with van der Waals surface area (Å²) in [6.07, 6.45) is 7.59. The predicted molar refractivity (Wildman–Crippen MR) is 119 cm³/mol. The van der Waals surface area contributed by atoms with Crippen molar-refractivity contribution in [1.29, 1.82) is 0 Å². The van der Waals surface area contributed by atoms with Crippen LogP contribution in [0, 0.1) is 0 Å². The summed E-state index contributed by atoms with van der Waals surface area (Å²) in [5.41, 5.74) is 4.41. The number of hydrogen-bond acceptors (Lipinski definition) is 4. The average molecular weight is 414 g/mol. The third-order valence-corrected chi connectivity index (χ3v) is 5.14. The van der Waals surface area contributed by atoms with Crippen LogP contribution >= 0.6 is 0 Å². The molecule has 0 amide bonds. The number of ether oxygens (including phenoxy) is 1. The molecule has 5 heteroatoms. The molecule has 0 saturated carbocycles. The second-order valence-corrected chi connectivity index (χ2v) is 7.79. The minimum absolute atomic E-state index is 0. The predicted octanol–water partition coefficient (Wildman–Crippen LogP) is 1.79. The molecule has 0 radical (unpaired) electrons. The van der Waals surface area contributed by atoms with E-state index in [0.29, 0.717) is 36.1 Å². The molecule has 0 aliphatic rings. The van der Waals surface area contributed by atoms with Crippen LogP contribution in [0.4, 0.5) is 0 Å². The quantitative estimate of drug-likeness (QED) is 0.475. The van der Waals surface area contributed by atoms with Gasteiger partial charge in [0.05, 0.1) is 13.1 Å². The van der Waals surface area contributed by atoms with E-state index in [4.69, 9.17) is 4.74 Å². The first-order valence-electron chi connectivity index (χ1n) is 10.3. The molecule has 0 bridgehead atoms. The van der Waals surface area contributed by atoms with Crippen LogP contribution in [0.25, 0.3) is 0 Å². The Balaban J connectivity index is 0.00000480. The van der Waals surface area contributed by atoms with E-state index >= 15 is 0 Å². The van der Waals surface area contributed by atoms with E-state index in [1.165, 1.54) is 18.3 Å². The second kappa shape index (κ2) is 13.1. The molecule has 0 aliphatic heterocycles. The standard InChI is InChI=1S/C26H32O4.Li/c1-18(2)9-8-10-19(3)13-16-22-23(30-4)17-21(24(25(22)27)26(28)29)15-14-20-11-6-5-7-12-20;/h5-7,9,11-13,17,27H,8,10,14-16H2,1-4H3,(H,28,29);/q;+1/p-1/b19-13+;. The van der Waals surface area contributed by atoms with Gasteiger partial charge >= 0.3 is 18.9 Å². The summed E-state index contributed by atoms with van der Waals surface area (Å²) in [6, 6.07) is 11.5. The van der Waals surface area contributed by atoms with Gasteiger partial charge in [-0.05, 0) is 70.1 Å². The Labute approximate surface area is 197 Å². The Kier molecular flexibility index (Phi) is 11.2. The number of carbonyl (C=O) groups is 1. The molecule has 2 aromatic carbocycles. The van der Waals surface area contributed by atoms with Crippen LogP contribution in [0.1, 0.15) is 60.7 Å². The number of aromatic hydroxyl groups is 1. The van der Waals surface area contributed by atoms with Crippen molar-refractivity contribution in [3.63, 3.8) is 0 Å². The molecule has 0 heterocycles. The number of aromatic carboxylic acids is 1. The number of allylic oxidation sites excluding steroid dienone is 4. The molecule has 2 rings (SSSR count). The van der Waals surface area contributed by atoms with Gasteiger partial charge in [-0.2, -0.15) is 0 Å². The third-order valence-electron chi connectivity index (χ3n) is 5.14. The molecule has 0 saturated heterocycles. The molecule has 0 fully saturated rings. The van der Waals surface area contributed by atoms with Crippen molar-refractivity contribution in [3.8, 4) is 11.5 Å². The maximum absolute atomic E-state index is 11.8. The van der Waals surface area contributed by atoms with Crippen LogP contribution in [0.3, 0.4) is 0 Å². The molecule has 0 atom stereocenters. The van der Waals surface area contributed by atoms with Gasteiger partial charge in [0.2, 0.25) is 0 Å². The molecule has 0 unspecified atom stereocenters. The number of carboxylic acids is 1. The molecule has 160 valence electrons. The minimum Gasteiger partial charge on any atom is -0.545 e. The second-order valence-electron chi connectivity index (χ2n) is 7.79. The van der Waals surface area contributed by atoms with Crippen LogP contribution in [0.15, 0.2) is 59.7 Å². The van der Waals surface area contributed by atoms with E-state index in [2.05, 4.69) is 19.9 Å².